The van der Waals surface area contributed by atoms with Crippen molar-refractivity contribution in [1.82, 2.24) is 4.31 Å². The highest BCUT2D eigenvalue weighted by Gasteiger charge is 2.39. The number of benzene rings is 1. The Morgan fingerprint density at radius 1 is 1.45 bits per heavy atom. The molecule has 0 saturated carbocycles. The molecule has 1 aromatic carbocycles. The number of hydrogen-bond acceptors (Lipinski definition) is 4. The lowest BCUT2D eigenvalue weighted by Crippen LogP contribution is -2.40. The molecule has 6 nitrogen and oxygen atoms in total. The maximum atomic E-state index is 12.5. The van der Waals surface area contributed by atoms with Crippen LogP contribution in [0.3, 0.4) is 0 Å². The average molecular weight is 359 g/mol. The Kier molecular flexibility index (Phi) is 4.13. The molecule has 1 aromatic rings. The number of carboxylic acids is 1. The third-order valence-corrected chi connectivity index (χ3v) is 5.44. The Balaban J connectivity index is 2.48. The van der Waals surface area contributed by atoms with Crippen LogP contribution in [0.4, 0.5) is 0 Å². The molecule has 1 unspecified atom stereocenters. The van der Waals surface area contributed by atoms with Crippen LogP contribution in [-0.2, 0) is 14.8 Å². The Labute approximate surface area is 124 Å². The summed E-state index contributed by atoms with van der Waals surface area (Å²) in [6, 6.07) is 4.95. The molecule has 0 bridgehead atoms. The van der Waals surface area contributed by atoms with Crippen LogP contribution >= 0.6 is 15.9 Å². The van der Waals surface area contributed by atoms with E-state index in [1.54, 1.807) is 0 Å². The molecule has 8 heteroatoms. The van der Waals surface area contributed by atoms with E-state index in [1.807, 2.05) is 6.07 Å². The quantitative estimate of drug-likeness (QED) is 0.883. The van der Waals surface area contributed by atoms with Crippen molar-refractivity contribution < 1.29 is 18.3 Å². The summed E-state index contributed by atoms with van der Waals surface area (Å²) < 4.78 is 26.4. The summed E-state index contributed by atoms with van der Waals surface area (Å²) in [6.45, 7) is 0.174. The minimum absolute atomic E-state index is 0.0726. The van der Waals surface area contributed by atoms with Gasteiger partial charge in [-0.25, -0.2) is 8.42 Å². The number of carboxylic acid groups (broad SMARTS) is 1. The summed E-state index contributed by atoms with van der Waals surface area (Å²) in [5.41, 5.74) is 0.198. The summed E-state index contributed by atoms with van der Waals surface area (Å²) in [5.74, 6) is -1.15. The van der Waals surface area contributed by atoms with Crippen LogP contribution in [0.25, 0.3) is 0 Å². The van der Waals surface area contributed by atoms with E-state index >= 15 is 0 Å². The lowest BCUT2D eigenvalue weighted by atomic mass is 10.2. The SMILES string of the molecule is N#Cc1cc(Br)cc(S(=O)(=O)N2CCCC2C(=O)O)c1. The van der Waals surface area contributed by atoms with Gasteiger partial charge in [0.15, 0.2) is 0 Å². The second-order valence-electron chi connectivity index (χ2n) is 4.40. The first kappa shape index (κ1) is 15.0. The molecule has 1 atom stereocenters. The fourth-order valence-electron chi connectivity index (χ4n) is 2.19. The van der Waals surface area contributed by atoms with Crippen LogP contribution in [0.1, 0.15) is 18.4 Å². The van der Waals surface area contributed by atoms with Crippen LogP contribution in [0, 0.1) is 11.3 Å². The molecule has 1 aliphatic rings. The molecule has 1 N–H and O–H groups in total. The summed E-state index contributed by atoms with van der Waals surface area (Å²) in [5, 5.41) is 18.0. The highest BCUT2D eigenvalue weighted by atomic mass is 79.9. The first-order chi connectivity index (χ1) is 9.36. The number of aliphatic carboxylic acids is 1. The van der Waals surface area contributed by atoms with Crippen molar-refractivity contribution in [2.24, 2.45) is 0 Å². The van der Waals surface area contributed by atoms with E-state index in [2.05, 4.69) is 15.9 Å². The molecule has 1 saturated heterocycles. The Bertz CT molecular complexity index is 696. The maximum absolute atomic E-state index is 12.5. The molecule has 0 spiro atoms. The van der Waals surface area contributed by atoms with Crippen LogP contribution in [-0.4, -0.2) is 36.4 Å². The summed E-state index contributed by atoms with van der Waals surface area (Å²) in [7, 11) is -3.92. The predicted octanol–water partition coefficient (Wildman–Crippen LogP) is 1.56. The lowest BCUT2D eigenvalue weighted by Gasteiger charge is -2.21. The molecule has 20 heavy (non-hydrogen) atoms. The van der Waals surface area contributed by atoms with E-state index in [0.717, 1.165) is 4.31 Å². The van der Waals surface area contributed by atoms with E-state index in [9.17, 15) is 13.2 Å². The average Bonchev–Trinajstić information content (AvgIpc) is 2.88. The third-order valence-electron chi connectivity index (χ3n) is 3.10. The standard InChI is InChI=1S/C12H11BrN2O4S/c13-9-4-8(7-14)5-10(6-9)20(18,19)15-3-1-2-11(15)12(16)17/h4-6,11H,1-3H2,(H,16,17). The number of carbonyl (C=O) groups is 1. The second kappa shape index (κ2) is 5.52. The van der Waals surface area contributed by atoms with Crippen molar-refractivity contribution in [1.29, 1.82) is 5.26 Å². The van der Waals surface area contributed by atoms with E-state index in [0.29, 0.717) is 17.3 Å². The Morgan fingerprint density at radius 2 is 2.15 bits per heavy atom. The highest BCUT2D eigenvalue weighted by molar-refractivity contribution is 9.10. The van der Waals surface area contributed by atoms with Gasteiger partial charge in [0.05, 0.1) is 16.5 Å². The monoisotopic (exact) mass is 358 g/mol. The fraction of sp³-hybridized carbons (Fsp3) is 0.333. The molecule has 1 aliphatic heterocycles. The smallest absolute Gasteiger partial charge is 0.322 e. The van der Waals surface area contributed by atoms with Crippen molar-refractivity contribution >= 4 is 31.9 Å². The first-order valence-corrected chi connectivity index (χ1v) is 8.05. The van der Waals surface area contributed by atoms with Gasteiger partial charge in [0.2, 0.25) is 10.0 Å². The number of rotatable bonds is 3. The van der Waals surface area contributed by atoms with E-state index in [4.69, 9.17) is 10.4 Å². The third kappa shape index (κ3) is 2.70. The minimum Gasteiger partial charge on any atom is -0.480 e. The molecule has 106 valence electrons. The van der Waals surface area contributed by atoms with Gasteiger partial charge in [-0.1, -0.05) is 15.9 Å². The van der Waals surface area contributed by atoms with Crippen molar-refractivity contribution in [3.63, 3.8) is 0 Å². The van der Waals surface area contributed by atoms with Crippen LogP contribution < -0.4 is 0 Å². The number of halogens is 1. The molecule has 0 aromatic heterocycles. The van der Waals surface area contributed by atoms with Gasteiger partial charge in [0.25, 0.3) is 0 Å². The van der Waals surface area contributed by atoms with Gasteiger partial charge in [0.1, 0.15) is 6.04 Å². The summed E-state index contributed by atoms with van der Waals surface area (Å²) in [6.07, 6.45) is 0.809. The summed E-state index contributed by atoms with van der Waals surface area (Å²) >= 11 is 3.15. The van der Waals surface area contributed by atoms with Crippen LogP contribution in [0.15, 0.2) is 27.6 Å². The zero-order chi connectivity index (χ0) is 14.9. The molecule has 0 aliphatic carbocycles. The zero-order valence-electron chi connectivity index (χ0n) is 10.3. The normalized spacial score (nSPS) is 19.7. The number of hydrogen-bond donors (Lipinski definition) is 1. The van der Waals surface area contributed by atoms with E-state index < -0.39 is 22.0 Å². The van der Waals surface area contributed by atoms with Gasteiger partial charge in [0, 0.05) is 11.0 Å². The van der Waals surface area contributed by atoms with Crippen LogP contribution in [0.2, 0.25) is 0 Å². The minimum atomic E-state index is -3.92. The van der Waals surface area contributed by atoms with E-state index in [-0.39, 0.29) is 17.0 Å². The van der Waals surface area contributed by atoms with Crippen molar-refractivity contribution in [3.8, 4) is 6.07 Å². The molecule has 1 fully saturated rings. The van der Waals surface area contributed by atoms with Gasteiger partial charge in [-0.15, -0.1) is 0 Å². The lowest BCUT2D eigenvalue weighted by molar-refractivity contribution is -0.140. The van der Waals surface area contributed by atoms with Gasteiger partial charge in [-0.3, -0.25) is 4.79 Å². The summed E-state index contributed by atoms with van der Waals surface area (Å²) in [4.78, 5) is 11.0. The molecule has 1 heterocycles. The second-order valence-corrected chi connectivity index (χ2v) is 7.21. The fourth-order valence-corrected chi connectivity index (χ4v) is 4.55. The molecule has 2 rings (SSSR count). The van der Waals surface area contributed by atoms with Gasteiger partial charge in [-0.2, -0.15) is 9.57 Å². The van der Waals surface area contributed by atoms with Gasteiger partial charge >= 0.3 is 5.97 Å². The molecule has 0 amide bonds. The zero-order valence-corrected chi connectivity index (χ0v) is 12.7. The largest absolute Gasteiger partial charge is 0.480 e. The predicted molar refractivity (Wildman–Crippen MR) is 73.4 cm³/mol. The number of sulfonamides is 1. The topological polar surface area (TPSA) is 98.5 Å². The van der Waals surface area contributed by atoms with Crippen molar-refractivity contribution in [2.45, 2.75) is 23.8 Å². The number of nitrogens with zero attached hydrogens (tertiary/aromatic N) is 2. The van der Waals surface area contributed by atoms with Gasteiger partial charge < -0.3 is 5.11 Å². The molecular formula is C12H11BrN2O4S. The van der Waals surface area contributed by atoms with Crippen molar-refractivity contribution in [3.05, 3.63) is 28.2 Å². The van der Waals surface area contributed by atoms with Crippen LogP contribution in [0.5, 0.6) is 0 Å². The molecule has 0 radical (unpaired) electrons. The highest BCUT2D eigenvalue weighted by Crippen LogP contribution is 2.28. The number of nitriles is 1. The first-order valence-electron chi connectivity index (χ1n) is 5.81. The Hall–Kier alpha value is -1.43. The van der Waals surface area contributed by atoms with Crippen molar-refractivity contribution in [2.75, 3.05) is 6.54 Å². The van der Waals surface area contributed by atoms with E-state index in [1.165, 1.54) is 18.2 Å². The maximum Gasteiger partial charge on any atom is 0.322 e. The van der Waals surface area contributed by atoms with Gasteiger partial charge in [-0.05, 0) is 31.0 Å². The molecular weight excluding hydrogens is 348 g/mol. The Morgan fingerprint density at radius 3 is 2.75 bits per heavy atom.